The van der Waals surface area contributed by atoms with Crippen LogP contribution >= 0.6 is 0 Å². The van der Waals surface area contributed by atoms with E-state index in [4.69, 9.17) is 14.2 Å². The van der Waals surface area contributed by atoms with Crippen LogP contribution in [0.15, 0.2) is 12.1 Å². The van der Waals surface area contributed by atoms with Crippen LogP contribution in [0.5, 0.6) is 11.5 Å². The fourth-order valence-electron chi connectivity index (χ4n) is 7.62. The molecule has 39 heavy (non-hydrogen) atoms. The van der Waals surface area contributed by atoms with Crippen molar-refractivity contribution in [2.24, 2.45) is 5.92 Å². The van der Waals surface area contributed by atoms with Crippen LogP contribution in [0.25, 0.3) is 0 Å². The smallest absolute Gasteiger partial charge is 0.311 e. The summed E-state index contributed by atoms with van der Waals surface area (Å²) in [5, 5.41) is 0. The molecule has 6 nitrogen and oxygen atoms in total. The van der Waals surface area contributed by atoms with Gasteiger partial charge in [-0.1, -0.05) is 77.2 Å². The standard InChI is InChI=1S/C33H51NO5/c1-5-6-7-8-9-10-11-12-13-14-15-16-30(36)39-32-28(37-3)18-17-24-21-26-25-22-29(38-4)27(35)23-33(25,31(24)32)19-20-34(26)2/h17-18,25-26,29H,5-16,19-23H2,1-4H3/t25-,26+,29-,33-/m1/s1. The molecule has 0 N–H and O–H groups in total. The third-order valence-corrected chi connectivity index (χ3v) is 9.81. The van der Waals surface area contributed by atoms with Crippen molar-refractivity contribution in [2.75, 3.05) is 27.8 Å². The Hall–Kier alpha value is -1.92. The number of rotatable bonds is 15. The van der Waals surface area contributed by atoms with Crippen LogP contribution in [-0.2, 0) is 26.2 Å². The zero-order valence-electron chi connectivity index (χ0n) is 24.9. The number of hydrogen-bond donors (Lipinski definition) is 0. The third-order valence-electron chi connectivity index (χ3n) is 9.81. The first-order chi connectivity index (χ1) is 18.9. The van der Waals surface area contributed by atoms with Crippen molar-refractivity contribution in [3.05, 3.63) is 23.3 Å². The summed E-state index contributed by atoms with van der Waals surface area (Å²) in [5.74, 6) is 1.39. The molecule has 218 valence electrons. The van der Waals surface area contributed by atoms with Crippen molar-refractivity contribution in [1.29, 1.82) is 0 Å². The first kappa shape index (κ1) is 30.0. The van der Waals surface area contributed by atoms with Gasteiger partial charge in [-0.25, -0.2) is 0 Å². The number of ketones is 1. The highest BCUT2D eigenvalue weighted by atomic mass is 16.6. The number of ether oxygens (including phenoxy) is 3. The Morgan fingerprint density at radius 2 is 1.67 bits per heavy atom. The lowest BCUT2D eigenvalue weighted by Crippen LogP contribution is -2.63. The van der Waals surface area contributed by atoms with Gasteiger partial charge in [-0.2, -0.15) is 0 Å². The maximum absolute atomic E-state index is 13.2. The van der Waals surface area contributed by atoms with Crippen molar-refractivity contribution in [1.82, 2.24) is 4.90 Å². The number of hydrogen-bond acceptors (Lipinski definition) is 6. The van der Waals surface area contributed by atoms with Crippen LogP contribution in [0.1, 0.15) is 114 Å². The van der Waals surface area contributed by atoms with Gasteiger partial charge in [0.25, 0.3) is 0 Å². The monoisotopic (exact) mass is 541 g/mol. The van der Waals surface area contributed by atoms with Crippen LogP contribution in [-0.4, -0.2) is 56.6 Å². The quantitative estimate of drug-likeness (QED) is 0.138. The van der Waals surface area contributed by atoms with Gasteiger partial charge >= 0.3 is 5.97 Å². The maximum atomic E-state index is 13.2. The molecule has 1 heterocycles. The van der Waals surface area contributed by atoms with Gasteiger partial charge in [0.2, 0.25) is 0 Å². The van der Waals surface area contributed by atoms with Crippen LogP contribution < -0.4 is 9.47 Å². The van der Waals surface area contributed by atoms with Gasteiger partial charge in [0.05, 0.1) is 7.11 Å². The number of esters is 1. The molecule has 4 atom stereocenters. The lowest BCUT2D eigenvalue weighted by Gasteiger charge is -2.58. The Bertz CT molecular complexity index is 977. The fourth-order valence-corrected chi connectivity index (χ4v) is 7.62. The average molecular weight is 542 g/mol. The Morgan fingerprint density at radius 1 is 1.00 bits per heavy atom. The first-order valence-electron chi connectivity index (χ1n) is 15.6. The Labute approximate surface area is 236 Å². The maximum Gasteiger partial charge on any atom is 0.311 e. The van der Waals surface area contributed by atoms with E-state index in [0.29, 0.717) is 36.8 Å². The topological polar surface area (TPSA) is 65.1 Å². The number of Topliss-reactive ketones (excluding diaryl/α,β-unsaturated/α-hetero) is 1. The fraction of sp³-hybridized carbons (Fsp3) is 0.758. The van der Waals surface area contributed by atoms with Gasteiger partial charge in [-0.05, 0) is 56.8 Å². The summed E-state index contributed by atoms with van der Waals surface area (Å²) in [5.41, 5.74) is 1.90. The van der Waals surface area contributed by atoms with E-state index in [1.54, 1.807) is 14.2 Å². The van der Waals surface area contributed by atoms with Crippen LogP contribution in [0.2, 0.25) is 0 Å². The zero-order valence-corrected chi connectivity index (χ0v) is 24.9. The highest BCUT2D eigenvalue weighted by molar-refractivity contribution is 5.87. The van der Waals surface area contributed by atoms with E-state index in [9.17, 15) is 9.59 Å². The second-order valence-corrected chi connectivity index (χ2v) is 12.3. The molecule has 2 aliphatic carbocycles. The molecule has 0 amide bonds. The zero-order chi connectivity index (χ0) is 27.8. The Kier molecular flexibility index (Phi) is 10.9. The normalized spacial score (nSPS) is 26.2. The largest absolute Gasteiger partial charge is 0.493 e. The van der Waals surface area contributed by atoms with E-state index in [-0.39, 0.29) is 29.2 Å². The minimum Gasteiger partial charge on any atom is -0.493 e. The molecule has 1 saturated heterocycles. The average Bonchev–Trinajstić information content (AvgIpc) is 2.93. The first-order valence-corrected chi connectivity index (χ1v) is 15.6. The molecular weight excluding hydrogens is 490 g/mol. The summed E-state index contributed by atoms with van der Waals surface area (Å²) in [7, 11) is 5.46. The highest BCUT2D eigenvalue weighted by Crippen LogP contribution is 2.58. The molecule has 4 rings (SSSR count). The molecule has 1 aliphatic heterocycles. The van der Waals surface area contributed by atoms with Gasteiger partial charge in [-0.3, -0.25) is 9.59 Å². The number of methoxy groups -OCH3 is 2. The van der Waals surface area contributed by atoms with Gasteiger partial charge < -0.3 is 19.1 Å². The minimum absolute atomic E-state index is 0.158. The van der Waals surface area contributed by atoms with Crippen molar-refractivity contribution in [2.45, 2.75) is 127 Å². The minimum atomic E-state index is -0.351. The predicted molar refractivity (Wildman–Crippen MR) is 155 cm³/mol. The second-order valence-electron chi connectivity index (χ2n) is 12.3. The number of carbonyl (C=O) groups is 2. The number of unbranched alkanes of at least 4 members (excludes halogenated alkanes) is 10. The number of carbonyl (C=O) groups excluding carboxylic acids is 2. The van der Waals surface area contributed by atoms with Crippen LogP contribution in [0.3, 0.4) is 0 Å². The Morgan fingerprint density at radius 3 is 2.31 bits per heavy atom. The van der Waals surface area contributed by atoms with E-state index in [2.05, 4.69) is 24.9 Å². The second kappa shape index (κ2) is 14.1. The lowest BCUT2D eigenvalue weighted by molar-refractivity contribution is -0.141. The Balaban J connectivity index is 1.39. The van der Waals surface area contributed by atoms with E-state index in [0.717, 1.165) is 37.8 Å². The van der Waals surface area contributed by atoms with Crippen LogP contribution in [0.4, 0.5) is 0 Å². The molecule has 1 aromatic carbocycles. The highest BCUT2D eigenvalue weighted by Gasteiger charge is 2.58. The molecule has 2 fully saturated rings. The number of likely N-dealkylation sites (N-methyl/N-ethyl adjacent to an activating group) is 1. The summed E-state index contributed by atoms with van der Waals surface area (Å²) >= 11 is 0. The summed E-state index contributed by atoms with van der Waals surface area (Å²) in [4.78, 5) is 28.7. The molecule has 0 radical (unpaired) electrons. The molecule has 0 unspecified atom stereocenters. The SMILES string of the molecule is CCCCCCCCCCCCCC(=O)Oc1c(OC)ccc2c1[C@@]13CCN(C)[C@@H](C2)[C@H]1C[C@@H](OC)C(=O)C3. The summed E-state index contributed by atoms with van der Waals surface area (Å²) in [6, 6.07) is 4.40. The van der Waals surface area contributed by atoms with Gasteiger partial charge in [0.15, 0.2) is 17.3 Å². The summed E-state index contributed by atoms with van der Waals surface area (Å²) in [6.07, 6.45) is 16.7. The van der Waals surface area contributed by atoms with E-state index in [1.807, 2.05) is 6.07 Å². The molecule has 3 aliphatic rings. The van der Waals surface area contributed by atoms with Gasteiger partial charge in [0.1, 0.15) is 6.10 Å². The summed E-state index contributed by atoms with van der Waals surface area (Å²) in [6.45, 7) is 3.18. The van der Waals surface area contributed by atoms with Crippen molar-refractivity contribution < 1.29 is 23.8 Å². The molecule has 1 saturated carbocycles. The number of nitrogens with zero attached hydrogens (tertiary/aromatic N) is 1. The number of benzene rings is 1. The molecule has 6 heteroatoms. The van der Waals surface area contributed by atoms with E-state index in [1.165, 1.54) is 63.4 Å². The third kappa shape index (κ3) is 6.70. The number of piperidine rings is 1. The van der Waals surface area contributed by atoms with Crippen molar-refractivity contribution in [3.63, 3.8) is 0 Å². The lowest BCUT2D eigenvalue weighted by atomic mass is 9.51. The van der Waals surface area contributed by atoms with Crippen LogP contribution in [0, 0.1) is 5.92 Å². The molecule has 2 bridgehead atoms. The molecular formula is C33H51NO5. The molecule has 0 spiro atoms. The van der Waals surface area contributed by atoms with Crippen molar-refractivity contribution >= 4 is 11.8 Å². The van der Waals surface area contributed by atoms with Gasteiger partial charge in [-0.15, -0.1) is 0 Å². The number of fused-ring (bicyclic) bond motifs is 1. The molecule has 1 aromatic rings. The predicted octanol–water partition coefficient (Wildman–Crippen LogP) is 6.79. The number of likely N-dealkylation sites (tertiary alicyclic amines) is 1. The van der Waals surface area contributed by atoms with E-state index < -0.39 is 0 Å². The van der Waals surface area contributed by atoms with Crippen molar-refractivity contribution in [3.8, 4) is 11.5 Å². The molecule has 0 aromatic heterocycles. The summed E-state index contributed by atoms with van der Waals surface area (Å²) < 4.78 is 17.5. The van der Waals surface area contributed by atoms with Gasteiger partial charge in [0, 0.05) is 37.0 Å². The van der Waals surface area contributed by atoms with E-state index >= 15 is 0 Å².